The fraction of sp³-hybridized carbons (Fsp3) is 0.900. The van der Waals surface area contributed by atoms with Crippen LogP contribution in [0.4, 0.5) is 4.79 Å². The Hall–Kier alpha value is -0.770. The summed E-state index contributed by atoms with van der Waals surface area (Å²) in [5.74, 6) is 0. The normalized spacial score (nSPS) is 36.5. The zero-order valence-electron chi connectivity index (χ0n) is 8.86. The van der Waals surface area contributed by atoms with Crippen LogP contribution in [0.2, 0.25) is 0 Å². The van der Waals surface area contributed by atoms with Gasteiger partial charge in [0, 0.05) is 24.5 Å². The van der Waals surface area contributed by atoms with E-state index in [2.05, 4.69) is 19.0 Å². The van der Waals surface area contributed by atoms with E-state index in [0.717, 1.165) is 19.5 Å². The van der Waals surface area contributed by atoms with Crippen LogP contribution in [-0.2, 0) is 0 Å². The van der Waals surface area contributed by atoms with Gasteiger partial charge in [-0.1, -0.05) is 0 Å². The van der Waals surface area contributed by atoms with Crippen molar-refractivity contribution in [1.29, 1.82) is 0 Å². The van der Waals surface area contributed by atoms with Crippen molar-refractivity contribution in [3.05, 3.63) is 0 Å². The second kappa shape index (κ2) is 3.12. The minimum Gasteiger partial charge on any atom is -0.465 e. The molecule has 2 unspecified atom stereocenters. The Morgan fingerprint density at radius 2 is 2.21 bits per heavy atom. The quantitative estimate of drug-likeness (QED) is 0.685. The van der Waals surface area contributed by atoms with E-state index in [9.17, 15) is 4.79 Å². The van der Waals surface area contributed by atoms with Crippen molar-refractivity contribution in [2.45, 2.75) is 25.3 Å². The summed E-state index contributed by atoms with van der Waals surface area (Å²) in [5, 5.41) is 8.90. The fourth-order valence-corrected chi connectivity index (χ4v) is 3.02. The van der Waals surface area contributed by atoms with Crippen LogP contribution in [0, 0.1) is 5.41 Å². The first-order chi connectivity index (χ1) is 6.55. The average molecular weight is 198 g/mol. The summed E-state index contributed by atoms with van der Waals surface area (Å²) < 4.78 is 0. The molecule has 0 aromatic carbocycles. The molecule has 0 radical (unpaired) electrons. The Bertz CT molecular complexity index is 255. The number of rotatable bonds is 1. The summed E-state index contributed by atoms with van der Waals surface area (Å²) >= 11 is 0. The van der Waals surface area contributed by atoms with Crippen molar-refractivity contribution in [2.75, 3.05) is 27.2 Å². The lowest BCUT2D eigenvalue weighted by Crippen LogP contribution is -2.54. The number of carbonyl (C=O) groups is 1. The van der Waals surface area contributed by atoms with Crippen molar-refractivity contribution < 1.29 is 9.90 Å². The van der Waals surface area contributed by atoms with Gasteiger partial charge in [-0.05, 0) is 33.4 Å². The summed E-state index contributed by atoms with van der Waals surface area (Å²) in [5.41, 5.74) is 0.280. The molecule has 1 spiro atoms. The summed E-state index contributed by atoms with van der Waals surface area (Å²) in [6.45, 7) is 1.46. The van der Waals surface area contributed by atoms with Gasteiger partial charge in [-0.2, -0.15) is 0 Å². The van der Waals surface area contributed by atoms with Gasteiger partial charge >= 0.3 is 6.09 Å². The number of nitrogens with zero attached hydrogens (tertiary/aromatic N) is 2. The second-order valence-electron chi connectivity index (χ2n) is 4.83. The predicted octanol–water partition coefficient (Wildman–Crippen LogP) is 1.08. The lowest BCUT2D eigenvalue weighted by molar-refractivity contribution is 0.00799. The molecule has 14 heavy (non-hydrogen) atoms. The summed E-state index contributed by atoms with van der Waals surface area (Å²) in [6.07, 6.45) is 2.70. The van der Waals surface area contributed by atoms with E-state index in [1.54, 1.807) is 4.90 Å². The van der Waals surface area contributed by atoms with E-state index < -0.39 is 6.09 Å². The average Bonchev–Trinajstić information content (AvgIpc) is 2.46. The molecule has 1 aliphatic carbocycles. The number of likely N-dealkylation sites (tertiary alicyclic amines) is 1. The van der Waals surface area contributed by atoms with Crippen molar-refractivity contribution >= 4 is 6.09 Å². The molecule has 2 aliphatic rings. The van der Waals surface area contributed by atoms with Crippen molar-refractivity contribution in [1.82, 2.24) is 9.80 Å². The first-order valence-electron chi connectivity index (χ1n) is 5.19. The van der Waals surface area contributed by atoms with Gasteiger partial charge < -0.3 is 14.9 Å². The maximum Gasteiger partial charge on any atom is 0.407 e. The number of hydrogen-bond donors (Lipinski definition) is 1. The molecular formula is C10H18N2O2. The van der Waals surface area contributed by atoms with Crippen LogP contribution in [0.15, 0.2) is 0 Å². The van der Waals surface area contributed by atoms with Gasteiger partial charge in [-0.3, -0.25) is 0 Å². The largest absolute Gasteiger partial charge is 0.465 e. The maximum atomic E-state index is 10.8. The molecule has 0 bridgehead atoms. The predicted molar refractivity (Wildman–Crippen MR) is 53.4 cm³/mol. The Balaban J connectivity index is 2.03. The van der Waals surface area contributed by atoms with Gasteiger partial charge in [0.2, 0.25) is 0 Å². The Morgan fingerprint density at radius 3 is 2.57 bits per heavy atom. The van der Waals surface area contributed by atoms with Gasteiger partial charge in [-0.15, -0.1) is 0 Å². The van der Waals surface area contributed by atoms with Crippen molar-refractivity contribution in [2.24, 2.45) is 5.41 Å². The van der Waals surface area contributed by atoms with Crippen LogP contribution >= 0.6 is 0 Å². The smallest absolute Gasteiger partial charge is 0.407 e. The molecule has 0 aromatic heterocycles. The molecule has 1 amide bonds. The third kappa shape index (κ3) is 1.29. The molecule has 4 heteroatoms. The molecule has 2 fully saturated rings. The van der Waals surface area contributed by atoms with E-state index in [0.29, 0.717) is 6.04 Å². The molecule has 1 N–H and O–H groups in total. The van der Waals surface area contributed by atoms with E-state index in [1.165, 1.54) is 12.8 Å². The minimum absolute atomic E-state index is 0.280. The number of amides is 1. The molecule has 1 heterocycles. The van der Waals surface area contributed by atoms with Crippen molar-refractivity contribution in [3.8, 4) is 0 Å². The van der Waals surface area contributed by atoms with Gasteiger partial charge in [0.25, 0.3) is 0 Å². The highest BCUT2D eigenvalue weighted by atomic mass is 16.4. The molecule has 2 rings (SSSR count). The summed E-state index contributed by atoms with van der Waals surface area (Å²) in [7, 11) is 4.18. The SMILES string of the molecule is CN(C)C1CCC12CCN(C(=O)O)C2. The highest BCUT2D eigenvalue weighted by Gasteiger charge is 2.52. The monoisotopic (exact) mass is 198 g/mol. The van der Waals surface area contributed by atoms with Crippen LogP contribution in [0.25, 0.3) is 0 Å². The van der Waals surface area contributed by atoms with Gasteiger partial charge in [-0.25, -0.2) is 4.79 Å². The standard InChI is InChI=1S/C10H18N2O2/c1-11(2)8-3-4-10(8)5-6-12(7-10)9(13)14/h8H,3-7H2,1-2H3,(H,13,14). The highest BCUT2D eigenvalue weighted by molar-refractivity contribution is 5.65. The maximum absolute atomic E-state index is 10.8. The van der Waals surface area contributed by atoms with E-state index in [-0.39, 0.29) is 5.41 Å². The summed E-state index contributed by atoms with van der Waals surface area (Å²) in [4.78, 5) is 14.6. The molecule has 1 saturated heterocycles. The summed E-state index contributed by atoms with van der Waals surface area (Å²) in [6, 6.07) is 0.590. The van der Waals surface area contributed by atoms with Crippen LogP contribution in [0.1, 0.15) is 19.3 Å². The minimum atomic E-state index is -0.758. The van der Waals surface area contributed by atoms with Crippen molar-refractivity contribution in [3.63, 3.8) is 0 Å². The molecule has 1 saturated carbocycles. The lowest BCUT2D eigenvalue weighted by Gasteiger charge is -2.50. The molecular weight excluding hydrogens is 180 g/mol. The highest BCUT2D eigenvalue weighted by Crippen LogP contribution is 2.50. The molecule has 0 aromatic rings. The Morgan fingerprint density at radius 1 is 1.50 bits per heavy atom. The van der Waals surface area contributed by atoms with E-state index >= 15 is 0 Å². The second-order valence-corrected chi connectivity index (χ2v) is 4.83. The zero-order chi connectivity index (χ0) is 10.3. The first kappa shape index (κ1) is 9.77. The van der Waals surface area contributed by atoms with E-state index in [4.69, 9.17) is 5.11 Å². The van der Waals surface area contributed by atoms with Crippen LogP contribution in [0.5, 0.6) is 0 Å². The lowest BCUT2D eigenvalue weighted by atomic mass is 9.63. The molecule has 1 aliphatic heterocycles. The van der Waals surface area contributed by atoms with Gasteiger partial charge in [0.15, 0.2) is 0 Å². The molecule has 2 atom stereocenters. The zero-order valence-corrected chi connectivity index (χ0v) is 8.86. The van der Waals surface area contributed by atoms with Crippen LogP contribution < -0.4 is 0 Å². The molecule has 80 valence electrons. The first-order valence-corrected chi connectivity index (χ1v) is 5.19. The van der Waals surface area contributed by atoms with Gasteiger partial charge in [0.05, 0.1) is 0 Å². The number of carboxylic acid groups (broad SMARTS) is 1. The Kier molecular flexibility index (Phi) is 2.18. The van der Waals surface area contributed by atoms with Crippen LogP contribution in [-0.4, -0.2) is 54.2 Å². The number of hydrogen-bond acceptors (Lipinski definition) is 2. The molecule has 4 nitrogen and oxygen atoms in total. The Labute approximate surface area is 84.5 Å². The third-order valence-corrected chi connectivity index (χ3v) is 3.90. The third-order valence-electron chi connectivity index (χ3n) is 3.90. The topological polar surface area (TPSA) is 43.8 Å². The van der Waals surface area contributed by atoms with E-state index in [1.807, 2.05) is 0 Å². The fourth-order valence-electron chi connectivity index (χ4n) is 3.02. The van der Waals surface area contributed by atoms with Gasteiger partial charge in [0.1, 0.15) is 0 Å². The van der Waals surface area contributed by atoms with Crippen LogP contribution in [0.3, 0.4) is 0 Å².